The summed E-state index contributed by atoms with van der Waals surface area (Å²) in [7, 11) is 0. The van der Waals surface area contributed by atoms with E-state index in [1.807, 2.05) is 11.1 Å². The summed E-state index contributed by atoms with van der Waals surface area (Å²) in [4.78, 5) is 29.0. The van der Waals surface area contributed by atoms with Gasteiger partial charge in [0.2, 0.25) is 11.9 Å². The van der Waals surface area contributed by atoms with Crippen molar-refractivity contribution < 1.29 is 9.18 Å². The molecule has 1 aliphatic carbocycles. The van der Waals surface area contributed by atoms with Gasteiger partial charge in [0, 0.05) is 64.0 Å². The third-order valence-electron chi connectivity index (χ3n) is 6.98. The molecule has 1 saturated heterocycles. The minimum atomic E-state index is -0.302. The van der Waals surface area contributed by atoms with Crippen LogP contribution in [0.4, 0.5) is 10.3 Å². The molecule has 1 aromatic heterocycles. The van der Waals surface area contributed by atoms with Crippen molar-refractivity contribution in [2.24, 2.45) is 0 Å². The lowest BCUT2D eigenvalue weighted by molar-refractivity contribution is -0.125. The normalized spacial score (nSPS) is 20.2. The molecule has 0 atom stereocenters. The van der Waals surface area contributed by atoms with Crippen molar-refractivity contribution >= 4 is 17.9 Å². The number of hydrogen-bond acceptors (Lipinski definition) is 5. The maximum atomic E-state index is 13.3. The van der Waals surface area contributed by atoms with Gasteiger partial charge in [-0.15, -0.1) is 0 Å². The van der Waals surface area contributed by atoms with Crippen LogP contribution in [-0.4, -0.2) is 71.0 Å². The Labute approximate surface area is 188 Å². The van der Waals surface area contributed by atoms with Crippen LogP contribution in [0.1, 0.15) is 36.1 Å². The van der Waals surface area contributed by atoms with Crippen LogP contribution in [-0.2, 0) is 17.6 Å². The highest BCUT2D eigenvalue weighted by Crippen LogP contribution is 2.26. The van der Waals surface area contributed by atoms with Crippen LogP contribution in [0.3, 0.4) is 0 Å². The van der Waals surface area contributed by atoms with E-state index in [4.69, 9.17) is 4.98 Å². The van der Waals surface area contributed by atoms with Gasteiger partial charge in [-0.05, 0) is 48.6 Å². The van der Waals surface area contributed by atoms with E-state index in [9.17, 15) is 9.18 Å². The molecule has 2 aromatic rings. The number of piperazine rings is 1. The van der Waals surface area contributed by atoms with E-state index in [1.165, 1.54) is 37.5 Å². The molecule has 0 unspecified atom stereocenters. The lowest BCUT2D eigenvalue weighted by atomic mass is 9.91. The molecule has 5 rings (SSSR count). The molecular formula is C25H30FN5O. The lowest BCUT2D eigenvalue weighted by Crippen LogP contribution is -2.52. The molecule has 0 bridgehead atoms. The van der Waals surface area contributed by atoms with Gasteiger partial charge in [0.25, 0.3) is 0 Å². The van der Waals surface area contributed by atoms with Crippen LogP contribution in [0.5, 0.6) is 0 Å². The number of benzene rings is 1. The Bertz CT molecular complexity index is 998. The molecule has 2 aliphatic heterocycles. The first kappa shape index (κ1) is 21.1. The molecule has 1 saturated carbocycles. The Morgan fingerprint density at radius 2 is 1.88 bits per heavy atom. The van der Waals surface area contributed by atoms with E-state index in [2.05, 4.69) is 14.8 Å². The number of amides is 1. The number of nitrogens with zero attached hydrogens (tertiary/aromatic N) is 5. The van der Waals surface area contributed by atoms with Crippen LogP contribution < -0.4 is 4.90 Å². The average Bonchev–Trinajstić information content (AvgIpc) is 2.99. The highest BCUT2D eigenvalue weighted by Gasteiger charge is 2.29. The first-order chi connectivity index (χ1) is 15.7. The third-order valence-corrected chi connectivity index (χ3v) is 6.98. The molecule has 3 aliphatic rings. The zero-order valence-electron chi connectivity index (χ0n) is 18.4. The predicted molar refractivity (Wildman–Crippen MR) is 123 cm³/mol. The molecule has 7 heteroatoms. The number of rotatable bonds is 4. The van der Waals surface area contributed by atoms with Gasteiger partial charge in [0.15, 0.2) is 0 Å². The summed E-state index contributed by atoms with van der Waals surface area (Å²) in [6.07, 6.45) is 10.7. The highest BCUT2D eigenvalue weighted by molar-refractivity contribution is 5.91. The van der Waals surface area contributed by atoms with Crippen molar-refractivity contribution in [2.45, 2.75) is 38.1 Å². The van der Waals surface area contributed by atoms with Crippen LogP contribution in [0.15, 0.2) is 36.5 Å². The van der Waals surface area contributed by atoms with Gasteiger partial charge in [-0.2, -0.15) is 0 Å². The second-order valence-electron chi connectivity index (χ2n) is 8.96. The molecule has 32 heavy (non-hydrogen) atoms. The molecule has 0 N–H and O–H groups in total. The van der Waals surface area contributed by atoms with E-state index in [-0.39, 0.29) is 11.7 Å². The zero-order chi connectivity index (χ0) is 21.9. The van der Waals surface area contributed by atoms with Gasteiger partial charge in [-0.3, -0.25) is 9.69 Å². The fourth-order valence-corrected chi connectivity index (χ4v) is 4.76. The molecule has 6 nitrogen and oxygen atoms in total. The quantitative estimate of drug-likeness (QED) is 0.692. The third kappa shape index (κ3) is 4.67. The smallest absolute Gasteiger partial charge is 0.246 e. The maximum absolute atomic E-state index is 13.3. The van der Waals surface area contributed by atoms with Crippen molar-refractivity contribution in [1.82, 2.24) is 19.8 Å². The maximum Gasteiger partial charge on any atom is 0.246 e. The fraction of sp³-hybridized carbons (Fsp3) is 0.480. The Kier molecular flexibility index (Phi) is 6.17. The number of fused-ring (bicyclic) bond motifs is 1. The van der Waals surface area contributed by atoms with Gasteiger partial charge in [0.05, 0.1) is 5.69 Å². The van der Waals surface area contributed by atoms with Crippen molar-refractivity contribution in [1.29, 1.82) is 0 Å². The Hall–Kier alpha value is -2.80. The molecule has 3 heterocycles. The standard InChI is InChI=1S/C25H30FN5O/c26-21-4-1-3-19(17-21)7-8-24(32)30-11-9-20-18-27-25(28-23(20)10-12-30)31-15-13-29(14-16-31)22-5-2-6-22/h1,3-4,7-8,17-18,22H,2,5-6,9-16H2/b8-7+. The van der Waals surface area contributed by atoms with Gasteiger partial charge in [-0.25, -0.2) is 14.4 Å². The Morgan fingerprint density at radius 1 is 1.06 bits per heavy atom. The SMILES string of the molecule is O=C(/C=C/c1cccc(F)c1)N1CCc2cnc(N3CCN(C4CCC4)CC3)nc2CC1. The first-order valence-electron chi connectivity index (χ1n) is 11.7. The van der Waals surface area contributed by atoms with Crippen molar-refractivity contribution in [3.8, 4) is 0 Å². The van der Waals surface area contributed by atoms with Gasteiger partial charge >= 0.3 is 0 Å². The fourth-order valence-electron chi connectivity index (χ4n) is 4.76. The minimum absolute atomic E-state index is 0.0534. The topological polar surface area (TPSA) is 52.6 Å². The van der Waals surface area contributed by atoms with Crippen molar-refractivity contribution in [3.63, 3.8) is 0 Å². The average molecular weight is 436 g/mol. The van der Waals surface area contributed by atoms with Crippen LogP contribution in [0.2, 0.25) is 0 Å². The summed E-state index contributed by atoms with van der Waals surface area (Å²) in [5, 5.41) is 0. The number of carbonyl (C=O) groups is 1. The number of hydrogen-bond donors (Lipinski definition) is 0. The lowest BCUT2D eigenvalue weighted by Gasteiger charge is -2.43. The number of aromatic nitrogens is 2. The summed E-state index contributed by atoms with van der Waals surface area (Å²) in [6.45, 7) is 5.40. The van der Waals surface area contributed by atoms with Crippen LogP contribution in [0, 0.1) is 5.82 Å². The Morgan fingerprint density at radius 3 is 2.62 bits per heavy atom. The summed E-state index contributed by atoms with van der Waals surface area (Å²) in [5.41, 5.74) is 2.87. The second kappa shape index (κ2) is 9.36. The number of halogens is 1. The monoisotopic (exact) mass is 435 g/mol. The van der Waals surface area contributed by atoms with E-state index in [0.717, 1.165) is 62.3 Å². The molecule has 2 fully saturated rings. The second-order valence-corrected chi connectivity index (χ2v) is 8.96. The van der Waals surface area contributed by atoms with E-state index >= 15 is 0 Å². The van der Waals surface area contributed by atoms with Crippen LogP contribution >= 0.6 is 0 Å². The van der Waals surface area contributed by atoms with Crippen molar-refractivity contribution in [2.75, 3.05) is 44.2 Å². The molecule has 0 spiro atoms. The summed E-state index contributed by atoms with van der Waals surface area (Å²) in [6, 6.07) is 7.04. The number of carbonyl (C=O) groups excluding carboxylic acids is 1. The number of anilines is 1. The van der Waals surface area contributed by atoms with Crippen molar-refractivity contribution in [3.05, 3.63) is 59.2 Å². The van der Waals surface area contributed by atoms with E-state index < -0.39 is 0 Å². The zero-order valence-corrected chi connectivity index (χ0v) is 18.4. The Balaban J connectivity index is 1.19. The van der Waals surface area contributed by atoms with Gasteiger partial charge in [0.1, 0.15) is 5.82 Å². The molecule has 0 radical (unpaired) electrons. The minimum Gasteiger partial charge on any atom is -0.338 e. The summed E-state index contributed by atoms with van der Waals surface area (Å²) >= 11 is 0. The van der Waals surface area contributed by atoms with Gasteiger partial charge < -0.3 is 9.80 Å². The summed E-state index contributed by atoms with van der Waals surface area (Å²) in [5.74, 6) is 0.466. The molecule has 1 aromatic carbocycles. The first-order valence-corrected chi connectivity index (χ1v) is 11.7. The van der Waals surface area contributed by atoms with E-state index in [0.29, 0.717) is 18.7 Å². The van der Waals surface area contributed by atoms with E-state index in [1.54, 1.807) is 18.2 Å². The molecular weight excluding hydrogens is 405 g/mol. The predicted octanol–water partition coefficient (Wildman–Crippen LogP) is 2.93. The summed E-state index contributed by atoms with van der Waals surface area (Å²) < 4.78 is 13.3. The molecule has 168 valence electrons. The molecule has 1 amide bonds. The largest absolute Gasteiger partial charge is 0.338 e. The van der Waals surface area contributed by atoms with Gasteiger partial charge in [-0.1, -0.05) is 18.6 Å². The highest BCUT2D eigenvalue weighted by atomic mass is 19.1. The van der Waals surface area contributed by atoms with Crippen LogP contribution in [0.25, 0.3) is 6.08 Å².